The van der Waals surface area contributed by atoms with E-state index in [9.17, 15) is 0 Å². The van der Waals surface area contributed by atoms with Crippen LogP contribution in [0.15, 0.2) is 29.3 Å². The van der Waals surface area contributed by atoms with Crippen molar-refractivity contribution < 1.29 is 4.74 Å². The van der Waals surface area contributed by atoms with Gasteiger partial charge >= 0.3 is 0 Å². The molecule has 0 aromatic heterocycles. The standard InChI is InChI=1S/C11H17N3O.HI/c1-3-15-10-6-4-5-9(7-10)8-14-11(12)13-2;/h4-7H,3,8H2,1-2H3,(H3,12,13,14);1H. The van der Waals surface area contributed by atoms with Gasteiger partial charge in [-0.3, -0.25) is 4.99 Å². The van der Waals surface area contributed by atoms with Gasteiger partial charge < -0.3 is 15.8 Å². The molecule has 1 rings (SSSR count). The number of guanidine groups is 1. The zero-order chi connectivity index (χ0) is 11.1. The van der Waals surface area contributed by atoms with Crippen LogP contribution in [-0.2, 0) is 6.54 Å². The minimum absolute atomic E-state index is 0. The SMILES string of the molecule is CCOc1cccc(CNC(N)=NC)c1.I. The van der Waals surface area contributed by atoms with Crippen LogP contribution in [0.1, 0.15) is 12.5 Å². The number of hydrogen-bond acceptors (Lipinski definition) is 2. The summed E-state index contributed by atoms with van der Waals surface area (Å²) in [5, 5.41) is 2.99. The van der Waals surface area contributed by atoms with Crippen LogP contribution in [0.5, 0.6) is 5.75 Å². The Morgan fingerprint density at radius 3 is 2.88 bits per heavy atom. The topological polar surface area (TPSA) is 59.6 Å². The molecule has 0 amide bonds. The van der Waals surface area contributed by atoms with Gasteiger partial charge in [0.2, 0.25) is 0 Å². The van der Waals surface area contributed by atoms with Crippen LogP contribution >= 0.6 is 24.0 Å². The number of hydrogen-bond donors (Lipinski definition) is 2. The Labute approximate surface area is 113 Å². The van der Waals surface area contributed by atoms with Crippen LogP contribution in [0.3, 0.4) is 0 Å². The molecule has 4 nitrogen and oxygen atoms in total. The third-order valence-electron chi connectivity index (χ3n) is 1.92. The first-order valence-corrected chi connectivity index (χ1v) is 4.94. The van der Waals surface area contributed by atoms with E-state index >= 15 is 0 Å². The highest BCUT2D eigenvalue weighted by Crippen LogP contribution is 2.12. The summed E-state index contributed by atoms with van der Waals surface area (Å²) < 4.78 is 5.39. The summed E-state index contributed by atoms with van der Waals surface area (Å²) >= 11 is 0. The highest BCUT2D eigenvalue weighted by molar-refractivity contribution is 14.0. The fraction of sp³-hybridized carbons (Fsp3) is 0.364. The molecule has 0 saturated carbocycles. The molecule has 0 fully saturated rings. The number of aliphatic imine (C=N–C) groups is 1. The Morgan fingerprint density at radius 2 is 2.25 bits per heavy atom. The molecule has 0 aliphatic rings. The van der Waals surface area contributed by atoms with Crippen molar-refractivity contribution in [2.45, 2.75) is 13.5 Å². The fourth-order valence-corrected chi connectivity index (χ4v) is 1.18. The molecular formula is C11H18IN3O. The van der Waals surface area contributed by atoms with Crippen molar-refractivity contribution in [3.05, 3.63) is 29.8 Å². The number of nitrogens with one attached hydrogen (secondary N) is 1. The van der Waals surface area contributed by atoms with Crippen molar-refractivity contribution in [2.75, 3.05) is 13.7 Å². The third kappa shape index (κ3) is 5.20. The lowest BCUT2D eigenvalue weighted by atomic mass is 10.2. The van der Waals surface area contributed by atoms with Gasteiger partial charge in [-0.1, -0.05) is 12.1 Å². The van der Waals surface area contributed by atoms with Crippen LogP contribution < -0.4 is 15.8 Å². The van der Waals surface area contributed by atoms with Crippen molar-refractivity contribution in [2.24, 2.45) is 10.7 Å². The molecule has 1 aromatic carbocycles. The van der Waals surface area contributed by atoms with E-state index in [0.717, 1.165) is 11.3 Å². The molecule has 0 aliphatic heterocycles. The number of halogens is 1. The lowest BCUT2D eigenvalue weighted by Crippen LogP contribution is -2.30. The molecule has 0 spiro atoms. The number of rotatable bonds is 4. The highest BCUT2D eigenvalue weighted by Gasteiger charge is 1.96. The fourth-order valence-electron chi connectivity index (χ4n) is 1.18. The predicted octanol–water partition coefficient (Wildman–Crippen LogP) is 1.74. The summed E-state index contributed by atoms with van der Waals surface area (Å²) in [6.07, 6.45) is 0. The van der Waals surface area contributed by atoms with Gasteiger partial charge in [-0.05, 0) is 24.6 Å². The molecule has 0 saturated heterocycles. The van der Waals surface area contributed by atoms with Gasteiger partial charge in [0.1, 0.15) is 5.75 Å². The Hall–Kier alpha value is -0.980. The summed E-state index contributed by atoms with van der Waals surface area (Å²) in [7, 11) is 1.65. The molecule has 0 unspecified atom stereocenters. The maximum Gasteiger partial charge on any atom is 0.188 e. The van der Waals surface area contributed by atoms with Gasteiger partial charge in [-0.15, -0.1) is 24.0 Å². The van der Waals surface area contributed by atoms with Gasteiger partial charge in [0.05, 0.1) is 6.61 Å². The Bertz CT molecular complexity index is 342. The maximum atomic E-state index is 5.53. The second-order valence-electron chi connectivity index (χ2n) is 3.04. The Morgan fingerprint density at radius 1 is 1.50 bits per heavy atom. The molecule has 1 aromatic rings. The largest absolute Gasteiger partial charge is 0.494 e. The average Bonchev–Trinajstić information content (AvgIpc) is 2.27. The molecule has 3 N–H and O–H groups in total. The minimum Gasteiger partial charge on any atom is -0.494 e. The van der Waals surface area contributed by atoms with E-state index in [4.69, 9.17) is 10.5 Å². The Kier molecular flexibility index (Phi) is 7.70. The van der Waals surface area contributed by atoms with Crippen LogP contribution in [0.4, 0.5) is 0 Å². The van der Waals surface area contributed by atoms with Gasteiger partial charge in [-0.2, -0.15) is 0 Å². The zero-order valence-electron chi connectivity index (χ0n) is 9.56. The van der Waals surface area contributed by atoms with Crippen molar-refractivity contribution in [1.29, 1.82) is 0 Å². The van der Waals surface area contributed by atoms with Crippen molar-refractivity contribution in [3.63, 3.8) is 0 Å². The third-order valence-corrected chi connectivity index (χ3v) is 1.92. The van der Waals surface area contributed by atoms with E-state index < -0.39 is 0 Å². The summed E-state index contributed by atoms with van der Waals surface area (Å²) in [6, 6.07) is 7.89. The molecule has 0 heterocycles. The zero-order valence-corrected chi connectivity index (χ0v) is 11.9. The quantitative estimate of drug-likeness (QED) is 0.501. The van der Waals surface area contributed by atoms with Gasteiger partial charge in [0, 0.05) is 13.6 Å². The van der Waals surface area contributed by atoms with E-state index in [1.165, 1.54) is 0 Å². The van der Waals surface area contributed by atoms with Gasteiger partial charge in [0.25, 0.3) is 0 Å². The molecule has 0 radical (unpaired) electrons. The van der Waals surface area contributed by atoms with Crippen molar-refractivity contribution in [3.8, 4) is 5.75 Å². The molecule has 0 atom stereocenters. The first-order valence-electron chi connectivity index (χ1n) is 4.94. The summed E-state index contributed by atoms with van der Waals surface area (Å²) in [5.41, 5.74) is 6.64. The van der Waals surface area contributed by atoms with Crippen LogP contribution in [-0.4, -0.2) is 19.6 Å². The lowest BCUT2D eigenvalue weighted by Gasteiger charge is -2.07. The van der Waals surface area contributed by atoms with E-state index in [1.807, 2.05) is 31.2 Å². The number of ether oxygens (including phenoxy) is 1. The first-order chi connectivity index (χ1) is 7.26. The predicted molar refractivity (Wildman–Crippen MR) is 77.4 cm³/mol. The minimum atomic E-state index is 0. The van der Waals surface area contributed by atoms with Crippen LogP contribution in [0.2, 0.25) is 0 Å². The lowest BCUT2D eigenvalue weighted by molar-refractivity contribution is 0.340. The second kappa shape index (κ2) is 8.20. The van der Waals surface area contributed by atoms with E-state index in [0.29, 0.717) is 19.1 Å². The molecule has 90 valence electrons. The van der Waals surface area contributed by atoms with Gasteiger partial charge in [0.15, 0.2) is 5.96 Å². The number of nitrogens with zero attached hydrogens (tertiary/aromatic N) is 1. The van der Waals surface area contributed by atoms with E-state index in [-0.39, 0.29) is 24.0 Å². The monoisotopic (exact) mass is 335 g/mol. The molecule has 0 aliphatic carbocycles. The maximum absolute atomic E-state index is 5.53. The van der Waals surface area contributed by atoms with Crippen molar-refractivity contribution in [1.82, 2.24) is 5.32 Å². The molecular weight excluding hydrogens is 317 g/mol. The molecule has 16 heavy (non-hydrogen) atoms. The Balaban J connectivity index is 0.00000225. The smallest absolute Gasteiger partial charge is 0.188 e. The number of nitrogens with two attached hydrogens (primary N) is 1. The van der Waals surface area contributed by atoms with Crippen LogP contribution in [0, 0.1) is 0 Å². The number of benzene rings is 1. The first kappa shape index (κ1) is 15.0. The molecule has 0 bridgehead atoms. The normalized spacial score (nSPS) is 10.5. The summed E-state index contributed by atoms with van der Waals surface area (Å²) in [5.74, 6) is 1.32. The van der Waals surface area contributed by atoms with E-state index in [2.05, 4.69) is 10.3 Å². The van der Waals surface area contributed by atoms with Crippen molar-refractivity contribution >= 4 is 29.9 Å². The summed E-state index contributed by atoms with van der Waals surface area (Å²) in [4.78, 5) is 3.81. The van der Waals surface area contributed by atoms with E-state index in [1.54, 1.807) is 7.05 Å². The average molecular weight is 335 g/mol. The highest BCUT2D eigenvalue weighted by atomic mass is 127. The second-order valence-corrected chi connectivity index (χ2v) is 3.04. The summed E-state index contributed by atoms with van der Waals surface area (Å²) in [6.45, 7) is 3.30. The van der Waals surface area contributed by atoms with Gasteiger partial charge in [-0.25, -0.2) is 0 Å². The van der Waals surface area contributed by atoms with Crippen LogP contribution in [0.25, 0.3) is 0 Å². The molecule has 5 heteroatoms.